The van der Waals surface area contributed by atoms with Gasteiger partial charge in [0.1, 0.15) is 5.75 Å². The minimum Gasteiger partial charge on any atom is -0.426 e. The van der Waals surface area contributed by atoms with Gasteiger partial charge < -0.3 is 4.74 Å². The van der Waals surface area contributed by atoms with E-state index < -0.39 is 20.9 Å². The summed E-state index contributed by atoms with van der Waals surface area (Å²) in [5.41, 5.74) is 0.358. The first-order valence-corrected chi connectivity index (χ1v) is 9.69. The lowest BCUT2D eigenvalue weighted by molar-refractivity contribution is -0.384. The summed E-state index contributed by atoms with van der Waals surface area (Å²) < 4.78 is 32.8. The van der Waals surface area contributed by atoms with Crippen LogP contribution in [0.15, 0.2) is 65.6 Å². The lowest BCUT2D eigenvalue weighted by Gasteiger charge is -2.10. The van der Waals surface area contributed by atoms with Crippen molar-refractivity contribution in [2.45, 2.75) is 18.4 Å². The molecule has 0 aliphatic carbocycles. The summed E-state index contributed by atoms with van der Waals surface area (Å²) in [6.45, 7) is 1.20. The van der Waals surface area contributed by atoms with Crippen LogP contribution in [0.4, 0.5) is 5.69 Å². The number of hydrogen-bond donors (Lipinski definition) is 1. The van der Waals surface area contributed by atoms with Crippen molar-refractivity contribution in [3.63, 3.8) is 0 Å². The molecular formula is C19H16N2O6S. The highest BCUT2D eigenvalue weighted by Gasteiger charge is 2.16. The van der Waals surface area contributed by atoms with Gasteiger partial charge in [-0.05, 0) is 35.2 Å². The molecule has 3 rings (SSSR count). The number of ether oxygens (including phenoxy) is 1. The molecular weight excluding hydrogens is 384 g/mol. The molecule has 28 heavy (non-hydrogen) atoms. The van der Waals surface area contributed by atoms with Gasteiger partial charge in [0, 0.05) is 31.0 Å². The highest BCUT2D eigenvalue weighted by molar-refractivity contribution is 7.89. The zero-order valence-electron chi connectivity index (χ0n) is 14.8. The molecule has 0 amide bonds. The molecule has 9 heteroatoms. The molecule has 8 nitrogen and oxygen atoms in total. The fourth-order valence-electron chi connectivity index (χ4n) is 2.68. The molecule has 0 spiro atoms. The number of sulfonamides is 1. The van der Waals surface area contributed by atoms with Crippen LogP contribution >= 0.6 is 0 Å². The molecule has 0 atom stereocenters. The largest absolute Gasteiger partial charge is 0.426 e. The number of nitrogens with zero attached hydrogens (tertiary/aromatic N) is 1. The topological polar surface area (TPSA) is 116 Å². The molecule has 0 saturated carbocycles. The van der Waals surface area contributed by atoms with E-state index in [4.69, 9.17) is 4.74 Å². The minimum atomic E-state index is -3.85. The predicted octanol–water partition coefficient (Wildman–Crippen LogP) is 3.15. The molecule has 0 heterocycles. The van der Waals surface area contributed by atoms with E-state index in [-0.39, 0.29) is 17.1 Å². The Labute approximate surface area is 161 Å². The predicted molar refractivity (Wildman–Crippen MR) is 102 cm³/mol. The fourth-order valence-corrected chi connectivity index (χ4v) is 3.74. The molecule has 0 radical (unpaired) electrons. The van der Waals surface area contributed by atoms with Crippen LogP contribution in [0.5, 0.6) is 5.75 Å². The number of carbonyl (C=O) groups is 1. The number of esters is 1. The van der Waals surface area contributed by atoms with Crippen LogP contribution in [-0.2, 0) is 21.4 Å². The summed E-state index contributed by atoms with van der Waals surface area (Å²) in [6.07, 6.45) is 0. The fraction of sp³-hybridized carbons (Fsp3) is 0.105. The molecule has 0 unspecified atom stereocenters. The maximum Gasteiger partial charge on any atom is 0.308 e. The number of nitro benzene ring substituents is 1. The summed E-state index contributed by atoms with van der Waals surface area (Å²) >= 11 is 0. The molecule has 0 aliphatic heterocycles. The van der Waals surface area contributed by atoms with Gasteiger partial charge >= 0.3 is 5.97 Å². The zero-order valence-corrected chi connectivity index (χ0v) is 15.6. The van der Waals surface area contributed by atoms with E-state index in [1.54, 1.807) is 30.3 Å². The average molecular weight is 400 g/mol. The van der Waals surface area contributed by atoms with E-state index in [1.807, 2.05) is 0 Å². The third-order valence-corrected chi connectivity index (χ3v) is 5.36. The zero-order chi connectivity index (χ0) is 20.3. The van der Waals surface area contributed by atoms with Crippen LogP contribution < -0.4 is 9.46 Å². The highest BCUT2D eigenvalue weighted by Crippen LogP contribution is 2.28. The van der Waals surface area contributed by atoms with E-state index in [0.717, 1.165) is 0 Å². The molecule has 1 N–H and O–H groups in total. The third kappa shape index (κ3) is 4.33. The van der Waals surface area contributed by atoms with Gasteiger partial charge in [0.05, 0.1) is 9.82 Å². The number of fused-ring (bicyclic) bond motifs is 1. The SMILES string of the molecule is CC(=O)Oc1cccc2cc(S(=O)(=O)NCc3cccc([N+](=O)[O-])c3)ccc12. The Bertz CT molecular complexity index is 1170. The van der Waals surface area contributed by atoms with Crippen molar-refractivity contribution in [3.05, 3.63) is 76.3 Å². The lowest BCUT2D eigenvalue weighted by Crippen LogP contribution is -2.23. The Morgan fingerprint density at radius 1 is 1.11 bits per heavy atom. The van der Waals surface area contributed by atoms with Gasteiger partial charge in [0.25, 0.3) is 5.69 Å². The molecule has 3 aromatic rings. The Morgan fingerprint density at radius 2 is 1.86 bits per heavy atom. The number of hydrogen-bond acceptors (Lipinski definition) is 6. The van der Waals surface area contributed by atoms with Crippen molar-refractivity contribution in [2.24, 2.45) is 0 Å². The molecule has 0 bridgehead atoms. The van der Waals surface area contributed by atoms with E-state index in [1.165, 1.54) is 37.3 Å². The van der Waals surface area contributed by atoms with E-state index in [2.05, 4.69) is 4.72 Å². The van der Waals surface area contributed by atoms with Crippen LogP contribution in [0.2, 0.25) is 0 Å². The molecule has 0 aliphatic rings. The smallest absolute Gasteiger partial charge is 0.308 e. The number of nitrogens with one attached hydrogen (secondary N) is 1. The standard InChI is InChI=1S/C19H16N2O6S/c1-13(22)27-19-7-3-5-15-11-17(8-9-18(15)19)28(25,26)20-12-14-4-2-6-16(10-14)21(23)24/h2-11,20H,12H2,1H3. The van der Waals surface area contributed by atoms with E-state index in [0.29, 0.717) is 22.1 Å². The second kappa shape index (κ2) is 7.75. The molecule has 0 saturated heterocycles. The number of non-ortho nitro benzene ring substituents is 1. The lowest BCUT2D eigenvalue weighted by atomic mass is 10.1. The van der Waals surface area contributed by atoms with Crippen molar-refractivity contribution < 1.29 is 22.9 Å². The first-order chi connectivity index (χ1) is 13.3. The first kappa shape index (κ1) is 19.5. The van der Waals surface area contributed by atoms with Crippen molar-refractivity contribution in [1.82, 2.24) is 4.72 Å². The van der Waals surface area contributed by atoms with Crippen molar-refractivity contribution in [2.75, 3.05) is 0 Å². The number of nitro groups is 1. The highest BCUT2D eigenvalue weighted by atomic mass is 32.2. The summed E-state index contributed by atoms with van der Waals surface area (Å²) in [7, 11) is -3.85. The molecule has 0 fully saturated rings. The quantitative estimate of drug-likeness (QED) is 0.294. The molecule has 0 aromatic heterocycles. The second-order valence-electron chi connectivity index (χ2n) is 5.98. The maximum absolute atomic E-state index is 12.6. The monoisotopic (exact) mass is 400 g/mol. The first-order valence-electron chi connectivity index (χ1n) is 8.20. The van der Waals surface area contributed by atoms with Crippen LogP contribution in [0, 0.1) is 10.1 Å². The number of rotatable bonds is 6. The number of benzene rings is 3. The van der Waals surface area contributed by atoms with Crippen LogP contribution in [0.1, 0.15) is 12.5 Å². The van der Waals surface area contributed by atoms with Gasteiger partial charge in [-0.3, -0.25) is 14.9 Å². The van der Waals surface area contributed by atoms with Gasteiger partial charge in [-0.25, -0.2) is 13.1 Å². The summed E-state index contributed by atoms with van der Waals surface area (Å²) in [5.74, 6) is -0.124. The van der Waals surface area contributed by atoms with Crippen LogP contribution in [0.25, 0.3) is 10.8 Å². The summed E-state index contributed by atoms with van der Waals surface area (Å²) in [5, 5.41) is 12.0. The Morgan fingerprint density at radius 3 is 2.57 bits per heavy atom. The van der Waals surface area contributed by atoms with Gasteiger partial charge in [-0.1, -0.05) is 24.3 Å². The Kier molecular flexibility index (Phi) is 5.39. The van der Waals surface area contributed by atoms with E-state index >= 15 is 0 Å². The maximum atomic E-state index is 12.6. The van der Waals surface area contributed by atoms with Crippen LogP contribution in [-0.4, -0.2) is 19.3 Å². The molecule has 3 aromatic carbocycles. The second-order valence-corrected chi connectivity index (χ2v) is 7.75. The average Bonchev–Trinajstić information content (AvgIpc) is 2.66. The van der Waals surface area contributed by atoms with E-state index in [9.17, 15) is 23.3 Å². The van der Waals surface area contributed by atoms with Crippen LogP contribution in [0.3, 0.4) is 0 Å². The Balaban J connectivity index is 1.85. The van der Waals surface area contributed by atoms with Gasteiger partial charge in [-0.15, -0.1) is 0 Å². The van der Waals surface area contributed by atoms with Gasteiger partial charge in [0.2, 0.25) is 10.0 Å². The van der Waals surface area contributed by atoms with Gasteiger partial charge in [0.15, 0.2) is 0 Å². The van der Waals surface area contributed by atoms with Crippen molar-refractivity contribution in [1.29, 1.82) is 0 Å². The van der Waals surface area contributed by atoms with Gasteiger partial charge in [-0.2, -0.15) is 0 Å². The minimum absolute atomic E-state index is 0.0328. The third-order valence-electron chi connectivity index (χ3n) is 3.96. The molecule has 144 valence electrons. The Hall–Kier alpha value is -3.30. The van der Waals surface area contributed by atoms with Crippen molar-refractivity contribution in [3.8, 4) is 5.75 Å². The number of carbonyl (C=O) groups excluding carboxylic acids is 1. The van der Waals surface area contributed by atoms with Crippen molar-refractivity contribution >= 4 is 32.5 Å². The normalized spacial score (nSPS) is 11.3. The summed E-state index contributed by atoms with van der Waals surface area (Å²) in [6, 6.07) is 15.2. The summed E-state index contributed by atoms with van der Waals surface area (Å²) in [4.78, 5) is 21.5.